The van der Waals surface area contributed by atoms with Crippen LogP contribution in [-0.2, 0) is 20.7 Å². The van der Waals surface area contributed by atoms with E-state index in [0.717, 1.165) is 6.07 Å². The van der Waals surface area contributed by atoms with Crippen molar-refractivity contribution in [3.8, 4) is 0 Å². The quantitative estimate of drug-likeness (QED) is 0.777. The maximum atomic E-state index is 14.4. The molecule has 0 aromatic heterocycles. The fraction of sp³-hybridized carbons (Fsp3) is 0.450. The van der Waals surface area contributed by atoms with Crippen LogP contribution in [0, 0.1) is 23.5 Å². The van der Waals surface area contributed by atoms with Crippen molar-refractivity contribution < 1.29 is 23.0 Å². The van der Waals surface area contributed by atoms with Crippen LogP contribution in [0.15, 0.2) is 36.6 Å². The van der Waals surface area contributed by atoms with E-state index in [0.29, 0.717) is 18.6 Å². The van der Waals surface area contributed by atoms with Crippen LogP contribution in [0.25, 0.3) is 0 Å². The van der Waals surface area contributed by atoms with Crippen LogP contribution in [0.1, 0.15) is 25.3 Å². The van der Waals surface area contributed by atoms with E-state index in [1.165, 1.54) is 12.1 Å². The first-order valence-corrected chi connectivity index (χ1v) is 8.70. The van der Waals surface area contributed by atoms with Gasteiger partial charge in [0.25, 0.3) is 0 Å². The summed E-state index contributed by atoms with van der Waals surface area (Å²) in [6, 6.07) is 2.37. The Kier molecular flexibility index (Phi) is 5.14. The van der Waals surface area contributed by atoms with Crippen LogP contribution >= 0.6 is 0 Å². The standard InChI is InChI=1S/C20H23F2NO3/c1-4-5-13-10-20(19(9-18(13)24)25-11-26-20)12(2)6-14-7-16(22)17(23-3)8-15(14)21/h4,7-9,12-13,23H,1,5-6,10-11H2,2-3H3/t12?,13-,20+/m0/s1. The van der Waals surface area contributed by atoms with Crippen molar-refractivity contribution in [3.63, 3.8) is 0 Å². The largest absolute Gasteiger partial charge is 0.469 e. The van der Waals surface area contributed by atoms with Gasteiger partial charge in [0.05, 0.1) is 5.69 Å². The summed E-state index contributed by atoms with van der Waals surface area (Å²) in [5.74, 6) is -0.944. The second-order valence-electron chi connectivity index (χ2n) is 6.91. The first kappa shape index (κ1) is 18.6. The fourth-order valence-corrected chi connectivity index (χ4v) is 3.85. The van der Waals surface area contributed by atoms with Crippen molar-refractivity contribution in [1.82, 2.24) is 0 Å². The zero-order chi connectivity index (χ0) is 18.9. The van der Waals surface area contributed by atoms with Crippen molar-refractivity contribution in [2.75, 3.05) is 19.2 Å². The predicted octanol–water partition coefficient (Wildman–Crippen LogP) is 3.98. The van der Waals surface area contributed by atoms with E-state index < -0.39 is 17.2 Å². The minimum absolute atomic E-state index is 0.0103. The molecule has 3 rings (SSSR count). The molecule has 1 fully saturated rings. The molecule has 1 aliphatic carbocycles. The second kappa shape index (κ2) is 7.19. The van der Waals surface area contributed by atoms with Crippen LogP contribution in [-0.4, -0.2) is 25.2 Å². The van der Waals surface area contributed by atoms with Gasteiger partial charge in [0.15, 0.2) is 12.6 Å². The molecule has 1 heterocycles. The van der Waals surface area contributed by atoms with Crippen LogP contribution in [0.5, 0.6) is 0 Å². The predicted molar refractivity (Wildman–Crippen MR) is 94.6 cm³/mol. The SMILES string of the molecule is C=CC[C@H]1C[C@]2(C(C)Cc3cc(F)c(NC)cc3F)OCOC2=CC1=O. The van der Waals surface area contributed by atoms with Gasteiger partial charge >= 0.3 is 0 Å². The van der Waals surface area contributed by atoms with Gasteiger partial charge in [-0.05, 0) is 36.8 Å². The van der Waals surface area contributed by atoms with Crippen molar-refractivity contribution >= 4 is 11.5 Å². The number of rotatable bonds is 6. The first-order valence-electron chi connectivity index (χ1n) is 8.70. The van der Waals surface area contributed by atoms with Gasteiger partial charge in [0, 0.05) is 25.1 Å². The molecular weight excluding hydrogens is 340 g/mol. The third-order valence-corrected chi connectivity index (χ3v) is 5.35. The fourth-order valence-electron chi connectivity index (χ4n) is 3.85. The lowest BCUT2D eigenvalue weighted by Crippen LogP contribution is -2.45. The molecule has 1 aromatic carbocycles. The number of ether oxygens (including phenoxy) is 2. The summed E-state index contributed by atoms with van der Waals surface area (Å²) in [7, 11) is 1.54. The average Bonchev–Trinajstić information content (AvgIpc) is 3.02. The highest BCUT2D eigenvalue weighted by molar-refractivity contribution is 5.93. The Morgan fingerprint density at radius 2 is 2.19 bits per heavy atom. The Balaban J connectivity index is 1.89. The number of benzene rings is 1. The lowest BCUT2D eigenvalue weighted by atomic mass is 9.71. The Labute approximate surface area is 151 Å². The summed E-state index contributed by atoms with van der Waals surface area (Å²) in [5, 5.41) is 2.62. The van der Waals surface area contributed by atoms with E-state index in [-0.39, 0.29) is 42.1 Å². The summed E-state index contributed by atoms with van der Waals surface area (Å²) in [5.41, 5.74) is -0.408. The second-order valence-corrected chi connectivity index (χ2v) is 6.91. The number of fused-ring (bicyclic) bond motifs is 1. The lowest BCUT2D eigenvalue weighted by molar-refractivity contribution is -0.123. The van der Waals surface area contributed by atoms with E-state index >= 15 is 0 Å². The summed E-state index contributed by atoms with van der Waals surface area (Å²) in [6.07, 6.45) is 4.45. The van der Waals surface area contributed by atoms with Gasteiger partial charge in [-0.2, -0.15) is 0 Å². The van der Waals surface area contributed by atoms with E-state index in [4.69, 9.17) is 9.47 Å². The smallest absolute Gasteiger partial charge is 0.189 e. The van der Waals surface area contributed by atoms with Crippen molar-refractivity contribution in [3.05, 3.63) is 53.8 Å². The third kappa shape index (κ3) is 3.14. The van der Waals surface area contributed by atoms with Crippen molar-refractivity contribution in [2.24, 2.45) is 11.8 Å². The number of hydrogen-bond donors (Lipinski definition) is 1. The zero-order valence-corrected chi connectivity index (χ0v) is 15.0. The molecule has 1 unspecified atom stereocenters. The molecule has 0 amide bonds. The Hall–Kier alpha value is -2.21. The number of carbonyl (C=O) groups is 1. The number of hydrogen-bond acceptors (Lipinski definition) is 4. The summed E-state index contributed by atoms with van der Waals surface area (Å²) in [4.78, 5) is 12.2. The number of ketones is 1. The molecule has 140 valence electrons. The molecular formula is C20H23F2NO3. The van der Waals surface area contributed by atoms with Gasteiger partial charge in [-0.3, -0.25) is 4.79 Å². The monoisotopic (exact) mass is 363 g/mol. The molecule has 26 heavy (non-hydrogen) atoms. The zero-order valence-electron chi connectivity index (χ0n) is 15.0. The van der Waals surface area contributed by atoms with Crippen molar-refractivity contribution in [1.29, 1.82) is 0 Å². The molecule has 2 aliphatic rings. The Bertz CT molecular complexity index is 762. The van der Waals surface area contributed by atoms with Gasteiger partial charge in [-0.1, -0.05) is 13.0 Å². The molecule has 1 N–H and O–H groups in total. The van der Waals surface area contributed by atoms with E-state index in [2.05, 4.69) is 11.9 Å². The van der Waals surface area contributed by atoms with E-state index in [1.807, 2.05) is 6.92 Å². The number of nitrogens with one attached hydrogen (secondary N) is 1. The molecule has 1 aliphatic heterocycles. The Morgan fingerprint density at radius 1 is 1.42 bits per heavy atom. The molecule has 4 nitrogen and oxygen atoms in total. The normalized spacial score (nSPS) is 25.9. The topological polar surface area (TPSA) is 47.6 Å². The molecule has 0 saturated carbocycles. The minimum Gasteiger partial charge on any atom is -0.469 e. The summed E-state index contributed by atoms with van der Waals surface area (Å²) < 4.78 is 39.9. The van der Waals surface area contributed by atoms with Crippen LogP contribution < -0.4 is 5.32 Å². The van der Waals surface area contributed by atoms with Gasteiger partial charge in [0.1, 0.15) is 23.0 Å². The molecule has 3 atom stereocenters. The van der Waals surface area contributed by atoms with Crippen LogP contribution in [0.2, 0.25) is 0 Å². The van der Waals surface area contributed by atoms with Gasteiger partial charge < -0.3 is 14.8 Å². The minimum atomic E-state index is -0.799. The molecule has 6 heteroatoms. The summed E-state index contributed by atoms with van der Waals surface area (Å²) >= 11 is 0. The molecule has 0 bridgehead atoms. The average molecular weight is 363 g/mol. The molecule has 0 spiro atoms. The maximum Gasteiger partial charge on any atom is 0.189 e. The summed E-state index contributed by atoms with van der Waals surface area (Å²) in [6.45, 7) is 5.67. The Morgan fingerprint density at radius 3 is 2.88 bits per heavy atom. The third-order valence-electron chi connectivity index (χ3n) is 5.35. The highest BCUT2D eigenvalue weighted by Crippen LogP contribution is 2.46. The van der Waals surface area contributed by atoms with Gasteiger partial charge in [0.2, 0.25) is 0 Å². The van der Waals surface area contributed by atoms with Gasteiger partial charge in [-0.25, -0.2) is 8.78 Å². The maximum absolute atomic E-state index is 14.4. The van der Waals surface area contributed by atoms with Crippen LogP contribution in [0.4, 0.5) is 14.5 Å². The van der Waals surface area contributed by atoms with Crippen molar-refractivity contribution in [2.45, 2.75) is 31.8 Å². The molecule has 1 aromatic rings. The number of allylic oxidation sites excluding steroid dienone is 2. The van der Waals surface area contributed by atoms with E-state index in [1.54, 1.807) is 13.1 Å². The van der Waals surface area contributed by atoms with Crippen LogP contribution in [0.3, 0.4) is 0 Å². The molecule has 1 saturated heterocycles. The number of anilines is 1. The number of carbonyl (C=O) groups excluding carboxylic acids is 1. The highest BCUT2D eigenvalue weighted by Gasteiger charge is 2.51. The first-order chi connectivity index (χ1) is 12.4. The molecule has 0 radical (unpaired) electrons. The lowest BCUT2D eigenvalue weighted by Gasteiger charge is -2.38. The number of halogens is 2. The van der Waals surface area contributed by atoms with Gasteiger partial charge in [-0.15, -0.1) is 6.58 Å². The highest BCUT2D eigenvalue weighted by atomic mass is 19.1. The van der Waals surface area contributed by atoms with E-state index in [9.17, 15) is 13.6 Å².